The van der Waals surface area contributed by atoms with Gasteiger partial charge >= 0.3 is 0 Å². The van der Waals surface area contributed by atoms with Gasteiger partial charge in [0.05, 0.1) is 32.3 Å². The largest absolute Gasteiger partial charge is 0.497 e. The Morgan fingerprint density at radius 1 is 0.774 bits per heavy atom. The lowest BCUT2D eigenvalue weighted by Crippen LogP contribution is -2.08. The molecule has 3 aromatic carbocycles. The van der Waals surface area contributed by atoms with Crippen LogP contribution in [0.2, 0.25) is 0 Å². The lowest BCUT2D eigenvalue weighted by molar-refractivity contribution is 0.355. The van der Waals surface area contributed by atoms with Gasteiger partial charge < -0.3 is 23.9 Å². The van der Waals surface area contributed by atoms with Crippen molar-refractivity contribution in [3.8, 4) is 28.4 Å². The van der Waals surface area contributed by atoms with Gasteiger partial charge in [-0.1, -0.05) is 6.07 Å². The molecular weight excluding hydrogens is 394 g/mol. The molecule has 0 fully saturated rings. The summed E-state index contributed by atoms with van der Waals surface area (Å²) in [7, 11) is 4.77. The van der Waals surface area contributed by atoms with E-state index in [1.807, 2.05) is 42.5 Å². The highest BCUT2D eigenvalue weighted by atomic mass is 16.5. The maximum atomic E-state index is 13.3. The number of aryl methyl sites for hydroxylation is 1. The Morgan fingerprint density at radius 3 is 2.16 bits per heavy atom. The van der Waals surface area contributed by atoms with E-state index in [0.717, 1.165) is 17.1 Å². The fraction of sp³-hybridized carbons (Fsp3) is 0.160. The molecule has 0 aliphatic carbocycles. The molecule has 0 amide bonds. The smallest absolute Gasteiger partial charge is 0.200 e. The number of rotatable bonds is 6. The van der Waals surface area contributed by atoms with Crippen LogP contribution < -0.4 is 25.0 Å². The van der Waals surface area contributed by atoms with Gasteiger partial charge in [-0.3, -0.25) is 4.79 Å². The lowest BCUT2D eigenvalue weighted by atomic mass is 10.0. The van der Waals surface area contributed by atoms with E-state index < -0.39 is 0 Å². The van der Waals surface area contributed by atoms with Gasteiger partial charge in [0, 0.05) is 17.4 Å². The van der Waals surface area contributed by atoms with E-state index in [2.05, 4.69) is 5.32 Å². The average Bonchev–Trinajstić information content (AvgIpc) is 2.79. The molecule has 0 atom stereocenters. The molecule has 1 heterocycles. The zero-order valence-electron chi connectivity index (χ0n) is 17.8. The van der Waals surface area contributed by atoms with E-state index in [9.17, 15) is 4.79 Å². The standard InChI is InChI=1S/C25H23NO5/c1-15-24(16-5-12-21(29-3)23(13-16)30-4)25(27)20-11-8-18(14-22(20)31-15)26-17-6-9-19(28-2)10-7-17/h5-14,26H,1-4H3. The van der Waals surface area contributed by atoms with Crippen molar-refractivity contribution in [3.05, 3.63) is 76.6 Å². The van der Waals surface area contributed by atoms with E-state index in [1.54, 1.807) is 46.5 Å². The summed E-state index contributed by atoms with van der Waals surface area (Å²) in [5.74, 6) is 2.47. The SMILES string of the molecule is COc1ccc(Nc2ccc3c(=O)c(-c4ccc(OC)c(OC)c4)c(C)oc3c2)cc1. The molecule has 0 aliphatic rings. The molecule has 1 N–H and O–H groups in total. The van der Waals surface area contributed by atoms with Gasteiger partial charge in [0.1, 0.15) is 17.1 Å². The molecule has 6 nitrogen and oxygen atoms in total. The van der Waals surface area contributed by atoms with E-state index in [4.69, 9.17) is 18.6 Å². The van der Waals surface area contributed by atoms with Crippen LogP contribution in [0.25, 0.3) is 22.1 Å². The molecule has 0 aliphatic heterocycles. The highest BCUT2D eigenvalue weighted by Crippen LogP contribution is 2.33. The minimum atomic E-state index is -0.0954. The second kappa shape index (κ2) is 8.44. The van der Waals surface area contributed by atoms with E-state index >= 15 is 0 Å². The fourth-order valence-electron chi connectivity index (χ4n) is 3.55. The summed E-state index contributed by atoms with van der Waals surface area (Å²) in [6.45, 7) is 1.79. The Balaban J connectivity index is 1.74. The molecule has 4 rings (SSSR count). The van der Waals surface area contributed by atoms with Crippen molar-refractivity contribution in [2.45, 2.75) is 6.92 Å². The van der Waals surface area contributed by atoms with Crippen molar-refractivity contribution in [3.63, 3.8) is 0 Å². The van der Waals surface area contributed by atoms with Crippen molar-refractivity contribution in [2.75, 3.05) is 26.6 Å². The molecule has 0 unspecified atom stereocenters. The van der Waals surface area contributed by atoms with Crippen molar-refractivity contribution >= 4 is 22.3 Å². The van der Waals surface area contributed by atoms with Crippen LogP contribution in [0.4, 0.5) is 11.4 Å². The van der Waals surface area contributed by atoms with Gasteiger partial charge in [-0.25, -0.2) is 0 Å². The highest BCUT2D eigenvalue weighted by molar-refractivity contribution is 5.86. The monoisotopic (exact) mass is 417 g/mol. The van der Waals surface area contributed by atoms with Crippen LogP contribution in [0.15, 0.2) is 69.9 Å². The van der Waals surface area contributed by atoms with Crippen LogP contribution in [-0.2, 0) is 0 Å². The number of nitrogens with one attached hydrogen (secondary N) is 1. The van der Waals surface area contributed by atoms with E-state index in [-0.39, 0.29) is 5.43 Å². The summed E-state index contributed by atoms with van der Waals surface area (Å²) in [5, 5.41) is 3.82. The van der Waals surface area contributed by atoms with Crippen LogP contribution in [0.3, 0.4) is 0 Å². The van der Waals surface area contributed by atoms with Crippen LogP contribution in [0.5, 0.6) is 17.2 Å². The zero-order chi connectivity index (χ0) is 22.0. The molecule has 4 aromatic rings. The summed E-state index contributed by atoms with van der Waals surface area (Å²) in [4.78, 5) is 13.3. The third-order valence-corrected chi connectivity index (χ3v) is 5.12. The molecule has 0 saturated carbocycles. The van der Waals surface area contributed by atoms with Crippen LogP contribution >= 0.6 is 0 Å². The molecule has 158 valence electrons. The number of fused-ring (bicyclic) bond motifs is 1. The topological polar surface area (TPSA) is 69.9 Å². The minimum absolute atomic E-state index is 0.0954. The third-order valence-electron chi connectivity index (χ3n) is 5.12. The second-order valence-corrected chi connectivity index (χ2v) is 7.00. The van der Waals surface area contributed by atoms with Gasteiger partial charge in [0.15, 0.2) is 11.5 Å². The first-order chi connectivity index (χ1) is 15.0. The van der Waals surface area contributed by atoms with Crippen LogP contribution in [0, 0.1) is 6.92 Å². The lowest BCUT2D eigenvalue weighted by Gasteiger charge is -2.12. The van der Waals surface area contributed by atoms with Crippen molar-refractivity contribution in [1.29, 1.82) is 0 Å². The number of ether oxygens (including phenoxy) is 3. The van der Waals surface area contributed by atoms with E-state index in [0.29, 0.717) is 39.4 Å². The summed E-state index contributed by atoms with van der Waals surface area (Å²) >= 11 is 0. The van der Waals surface area contributed by atoms with Crippen LogP contribution in [-0.4, -0.2) is 21.3 Å². The Hall–Kier alpha value is -3.93. The predicted octanol–water partition coefficient (Wildman–Crippen LogP) is 5.54. The Morgan fingerprint density at radius 2 is 1.48 bits per heavy atom. The van der Waals surface area contributed by atoms with Gasteiger partial charge in [-0.2, -0.15) is 0 Å². The first-order valence-electron chi connectivity index (χ1n) is 9.75. The van der Waals surface area contributed by atoms with Gasteiger partial charge in [0.25, 0.3) is 0 Å². The number of hydrogen-bond donors (Lipinski definition) is 1. The number of anilines is 2. The van der Waals surface area contributed by atoms with Crippen molar-refractivity contribution in [1.82, 2.24) is 0 Å². The molecule has 0 spiro atoms. The van der Waals surface area contributed by atoms with Crippen LogP contribution in [0.1, 0.15) is 5.76 Å². The summed E-state index contributed by atoms with van der Waals surface area (Å²) < 4.78 is 21.9. The van der Waals surface area contributed by atoms with Gasteiger partial charge in [0.2, 0.25) is 5.43 Å². The molecule has 0 radical (unpaired) electrons. The fourth-order valence-corrected chi connectivity index (χ4v) is 3.55. The first kappa shape index (κ1) is 20.3. The number of benzene rings is 3. The maximum absolute atomic E-state index is 13.3. The number of hydrogen-bond acceptors (Lipinski definition) is 6. The molecule has 0 saturated heterocycles. The second-order valence-electron chi connectivity index (χ2n) is 7.00. The van der Waals surface area contributed by atoms with Gasteiger partial charge in [-0.05, 0) is 61.0 Å². The zero-order valence-corrected chi connectivity index (χ0v) is 17.8. The third kappa shape index (κ3) is 3.92. The Labute approximate surface area is 180 Å². The predicted molar refractivity (Wildman–Crippen MR) is 122 cm³/mol. The quantitative estimate of drug-likeness (QED) is 0.444. The normalized spacial score (nSPS) is 10.7. The van der Waals surface area contributed by atoms with Gasteiger partial charge in [-0.15, -0.1) is 0 Å². The molecular formula is C25H23NO5. The van der Waals surface area contributed by atoms with Crippen molar-refractivity contribution in [2.24, 2.45) is 0 Å². The molecule has 1 aromatic heterocycles. The molecule has 0 bridgehead atoms. The summed E-state index contributed by atoms with van der Waals surface area (Å²) in [5.41, 5.74) is 3.36. The summed E-state index contributed by atoms with van der Waals surface area (Å²) in [6, 6.07) is 18.4. The highest BCUT2D eigenvalue weighted by Gasteiger charge is 2.16. The summed E-state index contributed by atoms with van der Waals surface area (Å²) in [6.07, 6.45) is 0. The Kier molecular flexibility index (Phi) is 5.54. The molecule has 6 heteroatoms. The van der Waals surface area contributed by atoms with E-state index in [1.165, 1.54) is 0 Å². The average molecular weight is 417 g/mol. The minimum Gasteiger partial charge on any atom is -0.497 e. The number of methoxy groups -OCH3 is 3. The first-order valence-corrected chi connectivity index (χ1v) is 9.75. The maximum Gasteiger partial charge on any atom is 0.200 e. The van der Waals surface area contributed by atoms with Crippen molar-refractivity contribution < 1.29 is 18.6 Å². The molecule has 31 heavy (non-hydrogen) atoms. The Bertz CT molecular complexity index is 1290.